The molecular weight excluding hydrogens is 258 g/mol. The maximum atomic E-state index is 4.39. The topological polar surface area (TPSA) is 55.6 Å². The Labute approximate surface area is 115 Å². The third-order valence-electron chi connectivity index (χ3n) is 2.83. The molecule has 0 bridgehead atoms. The van der Waals surface area contributed by atoms with Crippen LogP contribution in [0.25, 0.3) is 5.69 Å². The van der Waals surface area contributed by atoms with Crippen molar-refractivity contribution < 1.29 is 0 Å². The molecule has 2 aromatic heterocycles. The van der Waals surface area contributed by atoms with Gasteiger partial charge in [-0.25, -0.2) is 4.98 Å². The summed E-state index contributed by atoms with van der Waals surface area (Å²) in [7, 11) is 0. The van der Waals surface area contributed by atoms with Crippen molar-refractivity contribution in [1.82, 2.24) is 19.1 Å². The average Bonchev–Trinajstić information content (AvgIpc) is 3.07. The maximum absolute atomic E-state index is 4.39. The largest absolute Gasteiger partial charge is 0.369 e. The first kappa shape index (κ1) is 11.9. The SMILES string of the molecule is Cc1ncc(CNc2cnns2)n1-c1ccccc1. The lowest BCUT2D eigenvalue weighted by molar-refractivity contribution is 0.901. The summed E-state index contributed by atoms with van der Waals surface area (Å²) in [5, 5.41) is 8.06. The molecule has 3 rings (SSSR count). The number of imidazole rings is 1. The lowest BCUT2D eigenvalue weighted by Gasteiger charge is -2.10. The summed E-state index contributed by atoms with van der Waals surface area (Å²) >= 11 is 1.35. The molecule has 0 saturated heterocycles. The van der Waals surface area contributed by atoms with Crippen molar-refractivity contribution in [3.05, 3.63) is 54.2 Å². The standard InChI is InChI=1S/C13H13N5S/c1-10-14-7-12(8-15-13-9-16-17-19-13)18(10)11-5-3-2-4-6-11/h2-7,9,15H,8H2,1H3. The molecule has 0 atom stereocenters. The zero-order valence-corrected chi connectivity index (χ0v) is 11.3. The minimum Gasteiger partial charge on any atom is -0.369 e. The molecule has 0 aliphatic rings. The first-order valence-electron chi connectivity index (χ1n) is 5.94. The average molecular weight is 271 g/mol. The van der Waals surface area contributed by atoms with Gasteiger partial charge in [0.2, 0.25) is 0 Å². The maximum Gasteiger partial charge on any atom is 0.130 e. The number of para-hydroxylation sites is 1. The molecule has 0 radical (unpaired) electrons. The molecule has 6 heteroatoms. The summed E-state index contributed by atoms with van der Waals surface area (Å²) in [4.78, 5) is 4.39. The van der Waals surface area contributed by atoms with Gasteiger partial charge in [-0.05, 0) is 19.1 Å². The molecule has 0 fully saturated rings. The summed E-state index contributed by atoms with van der Waals surface area (Å²) < 4.78 is 5.97. The summed E-state index contributed by atoms with van der Waals surface area (Å²) in [6.07, 6.45) is 3.62. The molecule has 5 nitrogen and oxygen atoms in total. The van der Waals surface area contributed by atoms with Gasteiger partial charge in [-0.15, -0.1) is 5.10 Å². The monoisotopic (exact) mass is 271 g/mol. The first-order valence-corrected chi connectivity index (χ1v) is 6.72. The van der Waals surface area contributed by atoms with Crippen LogP contribution >= 0.6 is 11.5 Å². The molecule has 1 N–H and O–H groups in total. The Morgan fingerprint density at radius 2 is 2.05 bits per heavy atom. The van der Waals surface area contributed by atoms with Crippen LogP contribution in [0.5, 0.6) is 0 Å². The number of nitrogens with zero attached hydrogens (tertiary/aromatic N) is 4. The van der Waals surface area contributed by atoms with Gasteiger partial charge in [0.15, 0.2) is 0 Å². The molecule has 0 spiro atoms. The van der Waals surface area contributed by atoms with Crippen molar-refractivity contribution in [2.75, 3.05) is 5.32 Å². The Morgan fingerprint density at radius 1 is 1.21 bits per heavy atom. The molecule has 0 amide bonds. The Hall–Kier alpha value is -2.21. The smallest absolute Gasteiger partial charge is 0.130 e. The zero-order valence-electron chi connectivity index (χ0n) is 10.4. The van der Waals surface area contributed by atoms with Gasteiger partial charge < -0.3 is 5.32 Å². The van der Waals surface area contributed by atoms with E-state index in [1.807, 2.05) is 31.3 Å². The van der Waals surface area contributed by atoms with E-state index in [4.69, 9.17) is 0 Å². The number of anilines is 1. The first-order chi connectivity index (χ1) is 9.34. The van der Waals surface area contributed by atoms with Gasteiger partial charge in [0.1, 0.15) is 10.8 Å². The molecule has 0 unspecified atom stereocenters. The second-order valence-corrected chi connectivity index (χ2v) is 4.89. The van der Waals surface area contributed by atoms with E-state index in [1.165, 1.54) is 11.5 Å². The van der Waals surface area contributed by atoms with Crippen molar-refractivity contribution in [1.29, 1.82) is 0 Å². The molecule has 0 aliphatic heterocycles. The molecule has 0 aliphatic carbocycles. The summed E-state index contributed by atoms with van der Waals surface area (Å²) in [5.41, 5.74) is 2.23. The fraction of sp³-hybridized carbons (Fsp3) is 0.154. The van der Waals surface area contributed by atoms with Gasteiger partial charge in [0, 0.05) is 17.2 Å². The van der Waals surface area contributed by atoms with Crippen molar-refractivity contribution in [3.63, 3.8) is 0 Å². The highest BCUT2D eigenvalue weighted by Gasteiger charge is 2.08. The van der Waals surface area contributed by atoms with Crippen LogP contribution in [0.15, 0.2) is 42.7 Å². The Kier molecular flexibility index (Phi) is 3.24. The van der Waals surface area contributed by atoms with E-state index >= 15 is 0 Å². The molecule has 96 valence electrons. The van der Waals surface area contributed by atoms with Gasteiger partial charge in [-0.3, -0.25) is 4.57 Å². The van der Waals surface area contributed by atoms with E-state index in [-0.39, 0.29) is 0 Å². The number of hydrogen-bond acceptors (Lipinski definition) is 5. The highest BCUT2D eigenvalue weighted by Crippen LogP contribution is 2.16. The van der Waals surface area contributed by atoms with Crippen molar-refractivity contribution >= 4 is 16.5 Å². The van der Waals surface area contributed by atoms with E-state index in [9.17, 15) is 0 Å². The number of aryl methyl sites for hydroxylation is 1. The van der Waals surface area contributed by atoms with Crippen LogP contribution in [0.2, 0.25) is 0 Å². The second kappa shape index (κ2) is 5.19. The van der Waals surface area contributed by atoms with Crippen LogP contribution < -0.4 is 5.32 Å². The van der Waals surface area contributed by atoms with Gasteiger partial charge in [0.25, 0.3) is 0 Å². The molecule has 0 saturated carbocycles. The Balaban J connectivity index is 1.87. The van der Waals surface area contributed by atoms with Gasteiger partial charge >= 0.3 is 0 Å². The van der Waals surface area contributed by atoms with Gasteiger partial charge in [0.05, 0.1) is 24.6 Å². The lowest BCUT2D eigenvalue weighted by atomic mass is 10.3. The predicted octanol–water partition coefficient (Wildman–Crippen LogP) is 2.64. The van der Waals surface area contributed by atoms with Crippen LogP contribution in [-0.2, 0) is 6.54 Å². The van der Waals surface area contributed by atoms with E-state index in [0.717, 1.165) is 22.2 Å². The molecule has 1 aromatic carbocycles. The lowest BCUT2D eigenvalue weighted by Crippen LogP contribution is -2.06. The third-order valence-corrected chi connectivity index (χ3v) is 3.45. The predicted molar refractivity (Wildman–Crippen MR) is 75.5 cm³/mol. The Bertz CT molecular complexity index is 645. The molecule has 2 heterocycles. The molecule has 19 heavy (non-hydrogen) atoms. The van der Waals surface area contributed by atoms with Crippen LogP contribution in [0, 0.1) is 6.92 Å². The van der Waals surface area contributed by atoms with Crippen molar-refractivity contribution in [3.8, 4) is 5.69 Å². The minimum atomic E-state index is 0.694. The van der Waals surface area contributed by atoms with Gasteiger partial charge in [-0.1, -0.05) is 22.7 Å². The quantitative estimate of drug-likeness (QED) is 0.792. The number of aromatic nitrogens is 4. The van der Waals surface area contributed by atoms with Crippen molar-refractivity contribution in [2.24, 2.45) is 0 Å². The van der Waals surface area contributed by atoms with Crippen molar-refractivity contribution in [2.45, 2.75) is 13.5 Å². The number of benzene rings is 1. The molecule has 3 aromatic rings. The minimum absolute atomic E-state index is 0.694. The van der Waals surface area contributed by atoms with Gasteiger partial charge in [-0.2, -0.15) is 0 Å². The molecular formula is C13H13N5S. The Morgan fingerprint density at radius 3 is 2.79 bits per heavy atom. The fourth-order valence-electron chi connectivity index (χ4n) is 1.97. The van der Waals surface area contributed by atoms with Crippen LogP contribution in [0.3, 0.4) is 0 Å². The normalized spacial score (nSPS) is 10.6. The zero-order chi connectivity index (χ0) is 13.1. The van der Waals surface area contributed by atoms with E-state index in [2.05, 4.69) is 36.6 Å². The number of hydrogen-bond donors (Lipinski definition) is 1. The van der Waals surface area contributed by atoms with E-state index in [1.54, 1.807) is 6.20 Å². The summed E-state index contributed by atoms with van der Waals surface area (Å²) in [6, 6.07) is 10.2. The second-order valence-electron chi connectivity index (χ2n) is 4.10. The van der Waals surface area contributed by atoms with Crippen LogP contribution in [-0.4, -0.2) is 19.1 Å². The summed E-state index contributed by atoms with van der Waals surface area (Å²) in [5.74, 6) is 0.977. The number of rotatable bonds is 4. The van der Waals surface area contributed by atoms with E-state index < -0.39 is 0 Å². The highest BCUT2D eigenvalue weighted by atomic mass is 32.1. The summed E-state index contributed by atoms with van der Waals surface area (Å²) in [6.45, 7) is 2.70. The number of nitrogens with one attached hydrogen (secondary N) is 1. The van der Waals surface area contributed by atoms with E-state index in [0.29, 0.717) is 6.54 Å². The highest BCUT2D eigenvalue weighted by molar-refractivity contribution is 7.09. The fourth-order valence-corrected chi connectivity index (χ4v) is 2.38. The van der Waals surface area contributed by atoms with Crippen LogP contribution in [0.4, 0.5) is 5.00 Å². The third kappa shape index (κ3) is 2.48. The van der Waals surface area contributed by atoms with Crippen LogP contribution in [0.1, 0.15) is 11.5 Å².